The number of aliphatic hydroxyl groups excluding tert-OH is 1. The van der Waals surface area contributed by atoms with E-state index >= 15 is 0 Å². The largest absolute Gasteiger partial charge is 0.390 e. The Labute approximate surface area is 182 Å². The van der Waals surface area contributed by atoms with Gasteiger partial charge in [-0.05, 0) is 57.1 Å². The number of fused-ring (bicyclic) bond motifs is 2. The van der Waals surface area contributed by atoms with Crippen LogP contribution in [-0.4, -0.2) is 30.1 Å². The second-order valence-electron chi connectivity index (χ2n) is 9.24. The molecule has 0 bridgehead atoms. The highest BCUT2D eigenvalue weighted by molar-refractivity contribution is 7.91. The quantitative estimate of drug-likeness (QED) is 0.663. The third kappa shape index (κ3) is 3.88. The third-order valence-corrected chi connectivity index (χ3v) is 7.59. The molecule has 2 aliphatic rings. The number of nitrogens with two attached hydrogens (primary N) is 1. The molecule has 2 aliphatic carbocycles. The normalized spacial score (nSPS) is 18.5. The predicted octanol–water partition coefficient (Wildman–Crippen LogP) is 3.00. The molecule has 1 atom stereocenters. The summed E-state index contributed by atoms with van der Waals surface area (Å²) in [6.45, 7) is 7.68. The van der Waals surface area contributed by atoms with Crippen molar-refractivity contribution >= 4 is 21.6 Å². The van der Waals surface area contributed by atoms with E-state index in [4.69, 9.17) is 10.1 Å². The number of amides is 2. The van der Waals surface area contributed by atoms with Crippen molar-refractivity contribution in [2.75, 3.05) is 5.32 Å². The van der Waals surface area contributed by atoms with Gasteiger partial charge in [-0.15, -0.1) is 4.36 Å². The van der Waals surface area contributed by atoms with Gasteiger partial charge < -0.3 is 10.4 Å². The summed E-state index contributed by atoms with van der Waals surface area (Å²) in [5.41, 5.74) is 5.01. The number of carbonyl (C=O) groups is 1. The lowest BCUT2D eigenvalue weighted by molar-refractivity contribution is 0.259. The molecule has 0 fully saturated rings. The highest BCUT2D eigenvalue weighted by Crippen LogP contribution is 2.44. The molecule has 0 aliphatic heterocycles. The van der Waals surface area contributed by atoms with Crippen LogP contribution in [0.25, 0.3) is 0 Å². The monoisotopic (exact) mass is 446 g/mol. The van der Waals surface area contributed by atoms with Crippen LogP contribution < -0.4 is 10.5 Å². The molecule has 0 aromatic carbocycles. The molecule has 0 saturated carbocycles. The summed E-state index contributed by atoms with van der Waals surface area (Å²) in [4.78, 5) is 17.8. The minimum Gasteiger partial charge on any atom is -0.390 e. The number of nitrogens with one attached hydrogen (secondary N) is 1. The van der Waals surface area contributed by atoms with E-state index in [9.17, 15) is 14.1 Å². The standard InChI is InChI=1S/C21H30N6O3S/c1-12(2)27-10-17(16(11-28)25-27)31(22,30)26-20(29)24-18-13-6-5-7-15(13)23-19-14(18)8-9-21(19,3)4/h10,12,28H,5-9,11H2,1-4H3,(H3,22,23,24,26,29,30)/t31-/m0/s1. The Morgan fingerprint density at radius 3 is 2.77 bits per heavy atom. The first-order valence-electron chi connectivity index (χ1n) is 10.6. The molecule has 0 saturated heterocycles. The second-order valence-corrected chi connectivity index (χ2v) is 11.0. The van der Waals surface area contributed by atoms with E-state index in [1.807, 2.05) is 13.8 Å². The van der Waals surface area contributed by atoms with Crippen molar-refractivity contribution in [3.63, 3.8) is 0 Å². The Hall–Kier alpha value is -2.30. The summed E-state index contributed by atoms with van der Waals surface area (Å²) in [6.07, 6.45) is 6.00. The van der Waals surface area contributed by atoms with Gasteiger partial charge in [0.25, 0.3) is 0 Å². The fourth-order valence-corrected chi connectivity index (χ4v) is 5.56. The number of rotatable bonds is 4. The first kappa shape index (κ1) is 21.9. The zero-order valence-corrected chi connectivity index (χ0v) is 19.3. The lowest BCUT2D eigenvalue weighted by atomic mass is 9.90. The highest BCUT2D eigenvalue weighted by atomic mass is 32.2. The van der Waals surface area contributed by atoms with Gasteiger partial charge in [0.15, 0.2) is 0 Å². The summed E-state index contributed by atoms with van der Waals surface area (Å²) in [7, 11) is -3.58. The first-order valence-corrected chi connectivity index (χ1v) is 12.2. The number of aryl methyl sites for hydroxylation is 1. The Balaban J connectivity index is 1.72. The Morgan fingerprint density at radius 1 is 1.35 bits per heavy atom. The summed E-state index contributed by atoms with van der Waals surface area (Å²) >= 11 is 0. The SMILES string of the molecule is CC(C)n1cc([S@@](N)(=O)=NC(=O)Nc2c3c(nc4c2CCC4(C)C)CCC3)c(CO)n1. The van der Waals surface area contributed by atoms with E-state index in [-0.39, 0.29) is 22.0 Å². The summed E-state index contributed by atoms with van der Waals surface area (Å²) in [5.74, 6) is 0. The van der Waals surface area contributed by atoms with Gasteiger partial charge in [-0.2, -0.15) is 5.10 Å². The number of hydrogen-bond acceptors (Lipinski definition) is 5. The molecule has 0 radical (unpaired) electrons. The van der Waals surface area contributed by atoms with Gasteiger partial charge in [-0.3, -0.25) is 9.67 Å². The number of carbonyl (C=O) groups excluding carboxylic acids is 1. The van der Waals surface area contributed by atoms with Crippen molar-refractivity contribution < 1.29 is 14.1 Å². The van der Waals surface area contributed by atoms with Crippen molar-refractivity contribution in [3.8, 4) is 0 Å². The van der Waals surface area contributed by atoms with Crippen LogP contribution in [0.5, 0.6) is 0 Å². The molecule has 168 valence electrons. The van der Waals surface area contributed by atoms with Crippen LogP contribution >= 0.6 is 0 Å². The zero-order chi connectivity index (χ0) is 22.6. The van der Waals surface area contributed by atoms with Gasteiger partial charge in [-0.1, -0.05) is 13.8 Å². The average molecular weight is 447 g/mol. The minimum atomic E-state index is -3.58. The van der Waals surface area contributed by atoms with Gasteiger partial charge in [-0.25, -0.2) is 14.1 Å². The Morgan fingerprint density at radius 2 is 2.10 bits per heavy atom. The smallest absolute Gasteiger partial charge is 0.354 e. The fourth-order valence-electron chi connectivity index (χ4n) is 4.47. The lowest BCUT2D eigenvalue weighted by Crippen LogP contribution is -2.20. The summed E-state index contributed by atoms with van der Waals surface area (Å²) < 4.78 is 18.5. The molecule has 0 spiro atoms. The number of hydrogen-bond donors (Lipinski definition) is 3. The molecule has 2 amide bonds. The van der Waals surface area contributed by atoms with Gasteiger partial charge in [0.05, 0.1) is 18.0 Å². The van der Waals surface area contributed by atoms with Crippen molar-refractivity contribution in [2.45, 2.75) is 82.8 Å². The lowest BCUT2D eigenvalue weighted by Gasteiger charge is -2.20. The number of aliphatic hydroxyl groups is 1. The third-order valence-electron chi connectivity index (χ3n) is 6.18. The van der Waals surface area contributed by atoms with Crippen LogP contribution in [0, 0.1) is 0 Å². The van der Waals surface area contributed by atoms with Gasteiger partial charge in [0.2, 0.25) is 0 Å². The van der Waals surface area contributed by atoms with Crippen LogP contribution in [0.3, 0.4) is 0 Å². The van der Waals surface area contributed by atoms with Gasteiger partial charge in [0.1, 0.15) is 20.5 Å². The summed E-state index contributed by atoms with van der Waals surface area (Å²) in [6, 6.07) is -0.783. The molecule has 2 heterocycles. The van der Waals surface area contributed by atoms with Crippen LogP contribution in [0.2, 0.25) is 0 Å². The van der Waals surface area contributed by atoms with Crippen LogP contribution in [-0.2, 0) is 41.2 Å². The number of anilines is 1. The molecule has 4 N–H and O–H groups in total. The van der Waals surface area contributed by atoms with E-state index < -0.39 is 22.6 Å². The first-order chi connectivity index (χ1) is 14.5. The molecule has 2 aromatic heterocycles. The molecule has 9 nitrogen and oxygen atoms in total. The van der Waals surface area contributed by atoms with Crippen molar-refractivity contribution in [3.05, 3.63) is 34.4 Å². The van der Waals surface area contributed by atoms with E-state index in [2.05, 4.69) is 28.6 Å². The van der Waals surface area contributed by atoms with Gasteiger partial charge in [0, 0.05) is 23.3 Å². The van der Waals surface area contributed by atoms with Crippen LogP contribution in [0.15, 0.2) is 15.5 Å². The van der Waals surface area contributed by atoms with Crippen LogP contribution in [0.1, 0.15) is 74.8 Å². The molecular formula is C21H30N6O3S. The van der Waals surface area contributed by atoms with Crippen LogP contribution in [0.4, 0.5) is 10.5 Å². The maximum absolute atomic E-state index is 13.1. The average Bonchev–Trinajstić information content (AvgIpc) is 3.39. The molecule has 0 unspecified atom stereocenters. The van der Waals surface area contributed by atoms with Crippen molar-refractivity contribution in [1.82, 2.24) is 14.8 Å². The second kappa shape index (κ2) is 7.68. The van der Waals surface area contributed by atoms with Crippen molar-refractivity contribution in [2.24, 2.45) is 9.50 Å². The number of nitrogens with zero attached hydrogens (tertiary/aromatic N) is 4. The molecule has 2 aromatic rings. The topological polar surface area (TPSA) is 135 Å². The zero-order valence-electron chi connectivity index (χ0n) is 18.4. The maximum atomic E-state index is 13.1. The van der Waals surface area contributed by atoms with E-state index in [0.717, 1.165) is 60.3 Å². The molecule has 31 heavy (non-hydrogen) atoms. The number of urea groups is 1. The molecule has 10 heteroatoms. The Kier molecular flexibility index (Phi) is 5.43. The van der Waals surface area contributed by atoms with Gasteiger partial charge >= 0.3 is 6.03 Å². The maximum Gasteiger partial charge on any atom is 0.354 e. The summed E-state index contributed by atoms with van der Waals surface area (Å²) in [5, 5.41) is 22.7. The Bertz CT molecular complexity index is 1170. The number of pyridine rings is 1. The molecule has 4 rings (SSSR count). The number of aromatic nitrogens is 3. The highest BCUT2D eigenvalue weighted by Gasteiger charge is 2.36. The van der Waals surface area contributed by atoms with Crippen molar-refractivity contribution in [1.29, 1.82) is 0 Å². The minimum absolute atomic E-state index is 0.0200. The fraction of sp³-hybridized carbons (Fsp3) is 0.571. The van der Waals surface area contributed by atoms with E-state index in [0.29, 0.717) is 0 Å². The van der Waals surface area contributed by atoms with E-state index in [1.165, 1.54) is 6.20 Å². The molecular weight excluding hydrogens is 416 g/mol. The van der Waals surface area contributed by atoms with E-state index in [1.54, 1.807) is 4.68 Å². The predicted molar refractivity (Wildman–Crippen MR) is 118 cm³/mol.